The summed E-state index contributed by atoms with van der Waals surface area (Å²) in [6.45, 7) is 0.573. The van der Waals surface area contributed by atoms with Crippen LogP contribution in [-0.2, 0) is 13.6 Å². The molecule has 0 aliphatic heterocycles. The molecule has 0 spiro atoms. The lowest BCUT2D eigenvalue weighted by atomic mass is 10.5. The molecule has 0 amide bonds. The summed E-state index contributed by atoms with van der Waals surface area (Å²) >= 11 is 0. The maximum Gasteiger partial charge on any atom is 0.582 e. The Morgan fingerprint density at radius 3 is 1.10 bits per heavy atom. The molecule has 0 atom stereocenters. The molecule has 0 saturated carbocycles. The zero-order valence-electron chi connectivity index (χ0n) is 9.78. The average Bonchev–Trinajstić information content (AvgIpc) is 2.27. The molecule has 16 heteroatoms. The lowest BCUT2D eigenvalue weighted by Crippen LogP contribution is -2.47. The summed E-state index contributed by atoms with van der Waals surface area (Å²) in [5.74, 6) is -6.85. The molecular weight excluding hydrogens is 311 g/mol. The van der Waals surface area contributed by atoms with Gasteiger partial charge in [-0.15, -0.1) is 0 Å². The molecular formula is C4H7N4O11P. The molecule has 0 N–H and O–H groups in total. The fourth-order valence-corrected chi connectivity index (χ4v) is 1.59. The third kappa shape index (κ3) is 3.40. The summed E-state index contributed by atoms with van der Waals surface area (Å²) in [7, 11) is -4.30. The predicted molar refractivity (Wildman–Crippen MR) is 56.0 cm³/mol. The van der Waals surface area contributed by atoms with Crippen molar-refractivity contribution in [2.24, 2.45) is 0 Å². The Hall–Kier alpha value is -2.25. The van der Waals surface area contributed by atoms with Crippen molar-refractivity contribution in [1.82, 2.24) is 0 Å². The zero-order chi connectivity index (χ0) is 16.3. The summed E-state index contributed by atoms with van der Waals surface area (Å²) in [4.78, 5) is 35.3. The molecule has 0 radical (unpaired) electrons. The molecule has 0 aromatic carbocycles. The topological polar surface area (TPSA) is 208 Å². The summed E-state index contributed by atoms with van der Waals surface area (Å²) in [5, 5.41) is 41.7. The molecule has 15 nitrogen and oxygen atoms in total. The van der Waals surface area contributed by atoms with Crippen molar-refractivity contribution < 1.29 is 33.3 Å². The Bertz CT molecular complexity index is 419. The molecule has 0 bridgehead atoms. The standard InChI is InChI=1S/C4H7N4O11P/c1-3(5(9)10,6(11)12)18-20(17)19-4(2,7(13)14)8(15)16/h20H,1-2H3. The molecule has 20 heavy (non-hydrogen) atoms. The summed E-state index contributed by atoms with van der Waals surface area (Å²) in [6.07, 6.45) is 0. The maximum absolute atomic E-state index is 11.2. The minimum atomic E-state index is -4.30. The lowest BCUT2D eigenvalue weighted by Gasteiger charge is -2.14. The molecule has 0 aromatic heterocycles. The Morgan fingerprint density at radius 2 is 0.950 bits per heavy atom. The SMILES string of the molecule is CC(O[PH](=O)OC(C)([N+](=O)[O-])[N+](=O)[O-])([N+](=O)[O-])[N+](=O)[O-]. The van der Waals surface area contributed by atoms with Gasteiger partial charge < -0.3 is 0 Å². The molecule has 0 aliphatic carbocycles. The number of hydrogen-bond acceptors (Lipinski definition) is 11. The fraction of sp³-hybridized carbons (Fsp3) is 1.00. The van der Waals surface area contributed by atoms with Crippen LogP contribution in [0.15, 0.2) is 0 Å². The third-order valence-corrected chi connectivity index (χ3v) is 3.02. The fourth-order valence-electron chi connectivity index (χ4n) is 0.619. The van der Waals surface area contributed by atoms with Gasteiger partial charge in [0.25, 0.3) is 0 Å². The summed E-state index contributed by atoms with van der Waals surface area (Å²) < 4.78 is 19.0. The molecule has 0 rings (SSSR count). The van der Waals surface area contributed by atoms with Gasteiger partial charge in [0.05, 0.1) is 0 Å². The second kappa shape index (κ2) is 5.81. The normalized spacial score (nSPS) is 12.2. The van der Waals surface area contributed by atoms with Crippen LogP contribution in [0.2, 0.25) is 0 Å². The van der Waals surface area contributed by atoms with Crippen LogP contribution >= 0.6 is 8.25 Å². The minimum Gasteiger partial charge on any atom is -0.263 e. The summed E-state index contributed by atoms with van der Waals surface area (Å²) in [6, 6.07) is 0. The van der Waals surface area contributed by atoms with Gasteiger partial charge in [0, 0.05) is 0 Å². The smallest absolute Gasteiger partial charge is 0.263 e. The second-order valence-corrected chi connectivity index (χ2v) is 4.26. The van der Waals surface area contributed by atoms with Crippen LogP contribution in [0.25, 0.3) is 0 Å². The number of nitro groups is 4. The molecule has 0 unspecified atom stereocenters. The van der Waals surface area contributed by atoms with Gasteiger partial charge in [-0.3, -0.25) is 45.0 Å². The Morgan fingerprint density at radius 1 is 0.750 bits per heavy atom. The summed E-state index contributed by atoms with van der Waals surface area (Å²) in [5.41, 5.74) is 0. The van der Waals surface area contributed by atoms with E-state index in [4.69, 9.17) is 0 Å². The van der Waals surface area contributed by atoms with Crippen molar-refractivity contribution in [3.8, 4) is 0 Å². The van der Waals surface area contributed by atoms with Gasteiger partial charge in [-0.2, -0.15) is 9.05 Å². The predicted octanol–water partition coefficient (Wildman–Crippen LogP) is -0.137. The van der Waals surface area contributed by atoms with E-state index in [0.29, 0.717) is 0 Å². The molecule has 0 heterocycles. The average molecular weight is 318 g/mol. The van der Waals surface area contributed by atoms with Gasteiger partial charge in [-0.1, -0.05) is 0 Å². The van der Waals surface area contributed by atoms with Crippen LogP contribution in [0.5, 0.6) is 0 Å². The van der Waals surface area contributed by atoms with Crippen molar-refractivity contribution in [2.75, 3.05) is 0 Å². The number of hydrogen-bond donors (Lipinski definition) is 0. The van der Waals surface area contributed by atoms with Crippen molar-refractivity contribution in [2.45, 2.75) is 25.5 Å². The minimum absolute atomic E-state index is 0.286. The first kappa shape index (κ1) is 17.8. The largest absolute Gasteiger partial charge is 0.582 e. The molecule has 0 fully saturated rings. The highest BCUT2D eigenvalue weighted by Crippen LogP contribution is 2.37. The quantitative estimate of drug-likeness (QED) is 0.249. The van der Waals surface area contributed by atoms with E-state index in [2.05, 4.69) is 9.05 Å². The van der Waals surface area contributed by atoms with Gasteiger partial charge >= 0.3 is 20.0 Å². The van der Waals surface area contributed by atoms with Crippen LogP contribution in [0.4, 0.5) is 0 Å². The lowest BCUT2D eigenvalue weighted by molar-refractivity contribution is -0.842. The van der Waals surface area contributed by atoms with Crippen molar-refractivity contribution in [3.05, 3.63) is 40.5 Å². The van der Waals surface area contributed by atoms with Gasteiger partial charge in [-0.05, 0) is 0 Å². The first-order valence-electron chi connectivity index (χ1n) is 4.38. The first-order chi connectivity index (χ1) is 8.87. The van der Waals surface area contributed by atoms with Crippen molar-refractivity contribution in [1.29, 1.82) is 0 Å². The Kier molecular flexibility index (Phi) is 5.15. The van der Waals surface area contributed by atoms with E-state index < -0.39 is 39.6 Å². The molecule has 0 aliphatic rings. The van der Waals surface area contributed by atoms with E-state index in [-0.39, 0.29) is 13.8 Å². The molecule has 114 valence electrons. The van der Waals surface area contributed by atoms with E-state index in [1.807, 2.05) is 0 Å². The Balaban J connectivity index is 5.22. The van der Waals surface area contributed by atoms with E-state index in [9.17, 15) is 45.0 Å². The highest BCUT2D eigenvalue weighted by molar-refractivity contribution is 7.33. The van der Waals surface area contributed by atoms with E-state index in [1.54, 1.807) is 0 Å². The third-order valence-electron chi connectivity index (χ3n) is 1.91. The van der Waals surface area contributed by atoms with Gasteiger partial charge in [-0.25, -0.2) is 0 Å². The monoisotopic (exact) mass is 318 g/mol. The highest BCUT2D eigenvalue weighted by atomic mass is 31.1. The van der Waals surface area contributed by atoms with Gasteiger partial charge in [0.1, 0.15) is 33.5 Å². The zero-order valence-corrected chi connectivity index (χ0v) is 10.8. The van der Waals surface area contributed by atoms with Crippen LogP contribution < -0.4 is 0 Å². The second-order valence-electron chi connectivity index (χ2n) is 3.35. The van der Waals surface area contributed by atoms with Gasteiger partial charge in [0.2, 0.25) is 0 Å². The first-order valence-corrected chi connectivity index (χ1v) is 5.60. The highest BCUT2D eigenvalue weighted by Gasteiger charge is 2.59. The van der Waals surface area contributed by atoms with Crippen LogP contribution in [0.3, 0.4) is 0 Å². The van der Waals surface area contributed by atoms with E-state index in [1.165, 1.54) is 0 Å². The van der Waals surface area contributed by atoms with E-state index in [0.717, 1.165) is 0 Å². The van der Waals surface area contributed by atoms with Crippen LogP contribution in [0, 0.1) is 40.5 Å². The van der Waals surface area contributed by atoms with Crippen LogP contribution in [0.1, 0.15) is 13.8 Å². The van der Waals surface area contributed by atoms with E-state index >= 15 is 0 Å². The van der Waals surface area contributed by atoms with Crippen LogP contribution in [-0.4, -0.2) is 31.4 Å². The van der Waals surface area contributed by atoms with Crippen molar-refractivity contribution in [3.63, 3.8) is 0 Å². The molecule has 0 aromatic rings. The number of rotatable bonds is 8. The van der Waals surface area contributed by atoms with Crippen molar-refractivity contribution >= 4 is 8.25 Å². The Labute approximate surface area is 109 Å². The molecule has 0 saturated heterocycles. The maximum atomic E-state index is 11.2. The number of nitrogens with zero attached hydrogens (tertiary/aromatic N) is 4. The van der Waals surface area contributed by atoms with Gasteiger partial charge in [0.15, 0.2) is 0 Å².